The fourth-order valence-corrected chi connectivity index (χ4v) is 6.39. The van der Waals surface area contributed by atoms with Crippen molar-refractivity contribution < 1.29 is 28.4 Å². The summed E-state index contributed by atoms with van der Waals surface area (Å²) in [4.78, 5) is 7.61. The highest BCUT2D eigenvalue weighted by Gasteiger charge is 2.49. The molecule has 0 radical (unpaired) electrons. The van der Waals surface area contributed by atoms with Crippen molar-refractivity contribution in [2.24, 2.45) is 5.73 Å². The lowest BCUT2D eigenvalue weighted by molar-refractivity contribution is -0.328. The van der Waals surface area contributed by atoms with Gasteiger partial charge in [0.05, 0.1) is 33.0 Å². The van der Waals surface area contributed by atoms with Gasteiger partial charge in [-0.25, -0.2) is 4.98 Å². The number of H-pyrrole nitrogens is 1. The SMILES string of the molecule is NCCCCCOC[C@H]1O[C@@H](OCCc2c[nH]c3ccccc23)[C@H](OCc2ccccc2)[C@@H](OCc2ccccc2)[C@@H]1OCc1ccc(Cl)nc1. The van der Waals surface area contributed by atoms with Crippen LogP contribution in [0.15, 0.2) is 109 Å². The molecule has 0 bridgehead atoms. The van der Waals surface area contributed by atoms with Crippen LogP contribution in [0.2, 0.25) is 5.15 Å². The second-order valence-corrected chi connectivity index (χ2v) is 13.1. The summed E-state index contributed by atoms with van der Waals surface area (Å²) in [5.74, 6) is 0. The molecule has 1 fully saturated rings. The van der Waals surface area contributed by atoms with E-state index in [0.29, 0.717) is 51.2 Å². The van der Waals surface area contributed by atoms with Gasteiger partial charge in [-0.2, -0.15) is 0 Å². The van der Waals surface area contributed by atoms with Crippen molar-refractivity contribution in [2.45, 2.75) is 76.2 Å². The lowest BCUT2D eigenvalue weighted by Gasteiger charge is -2.46. The van der Waals surface area contributed by atoms with E-state index >= 15 is 0 Å². The van der Waals surface area contributed by atoms with Gasteiger partial charge in [-0.1, -0.05) is 96.5 Å². The molecule has 0 saturated carbocycles. The number of nitrogens with zero attached hydrogens (tertiary/aromatic N) is 1. The summed E-state index contributed by atoms with van der Waals surface area (Å²) < 4.78 is 39.8. The summed E-state index contributed by atoms with van der Waals surface area (Å²) in [5.41, 5.74) is 10.9. The molecule has 9 nitrogen and oxygen atoms in total. The van der Waals surface area contributed by atoms with Crippen LogP contribution in [0.4, 0.5) is 0 Å². The minimum Gasteiger partial charge on any atom is -0.379 e. The van der Waals surface area contributed by atoms with Crippen LogP contribution >= 0.6 is 11.6 Å². The molecular formula is C41H48ClN3O6. The summed E-state index contributed by atoms with van der Waals surface area (Å²) in [7, 11) is 0. The van der Waals surface area contributed by atoms with Crippen LogP contribution < -0.4 is 5.73 Å². The standard InChI is InChI=1S/C41H48ClN3O6/c42-37-19-18-32(24-45-37)28-48-38-36(29-46-22-11-3-10-21-43)51-41(47-23-20-33-25-44-35-17-9-8-16-34(33)35)40(50-27-31-14-6-2-7-15-31)39(38)49-26-30-12-4-1-5-13-30/h1-2,4-9,12-19,24-25,36,38-41,44H,3,10-11,20-23,26-29,43H2/t36-,38-,39+,40-,41-/m1/s1. The Bertz CT molecular complexity index is 1710. The smallest absolute Gasteiger partial charge is 0.186 e. The van der Waals surface area contributed by atoms with Crippen LogP contribution in [0, 0.1) is 0 Å². The number of hydrogen-bond acceptors (Lipinski definition) is 8. The Morgan fingerprint density at radius 3 is 2.10 bits per heavy atom. The number of hydrogen-bond donors (Lipinski definition) is 2. The molecule has 10 heteroatoms. The Morgan fingerprint density at radius 2 is 1.37 bits per heavy atom. The maximum atomic E-state index is 6.80. The predicted octanol–water partition coefficient (Wildman–Crippen LogP) is 7.40. The van der Waals surface area contributed by atoms with Crippen LogP contribution in [-0.2, 0) is 54.7 Å². The van der Waals surface area contributed by atoms with E-state index in [1.165, 1.54) is 10.9 Å². The maximum absolute atomic E-state index is 6.80. The fourth-order valence-electron chi connectivity index (χ4n) is 6.28. The number of nitrogens with one attached hydrogen (secondary N) is 1. The first-order chi connectivity index (χ1) is 25.2. The quantitative estimate of drug-likeness (QED) is 0.0635. The highest BCUT2D eigenvalue weighted by molar-refractivity contribution is 6.29. The zero-order valence-corrected chi connectivity index (χ0v) is 29.7. The number of halogens is 1. The van der Waals surface area contributed by atoms with Gasteiger partial charge in [0.15, 0.2) is 6.29 Å². The van der Waals surface area contributed by atoms with E-state index in [4.69, 9.17) is 45.8 Å². The van der Waals surface area contributed by atoms with Crippen molar-refractivity contribution in [1.29, 1.82) is 0 Å². The predicted molar refractivity (Wildman–Crippen MR) is 198 cm³/mol. The van der Waals surface area contributed by atoms with E-state index < -0.39 is 30.7 Å². The number of ether oxygens (including phenoxy) is 6. The summed E-state index contributed by atoms with van der Waals surface area (Å²) in [5, 5.41) is 1.60. The van der Waals surface area contributed by atoms with Crippen molar-refractivity contribution in [1.82, 2.24) is 9.97 Å². The first-order valence-corrected chi connectivity index (χ1v) is 18.2. The van der Waals surface area contributed by atoms with E-state index in [0.717, 1.165) is 41.5 Å². The van der Waals surface area contributed by atoms with Gasteiger partial charge in [-0.05, 0) is 66.6 Å². The average molecular weight is 714 g/mol. The molecule has 1 saturated heterocycles. The van der Waals surface area contributed by atoms with Crippen LogP contribution in [-0.4, -0.2) is 67.0 Å². The lowest BCUT2D eigenvalue weighted by atomic mass is 9.97. The number of para-hydroxylation sites is 1. The molecule has 0 amide bonds. The van der Waals surface area contributed by atoms with E-state index in [9.17, 15) is 0 Å². The van der Waals surface area contributed by atoms with Crippen molar-refractivity contribution in [3.63, 3.8) is 0 Å². The Hall–Kier alpha value is -3.64. The maximum Gasteiger partial charge on any atom is 0.186 e. The Kier molecular flexibility index (Phi) is 14.4. The minimum absolute atomic E-state index is 0.272. The van der Waals surface area contributed by atoms with Gasteiger partial charge in [0, 0.05) is 29.9 Å². The Balaban J connectivity index is 1.26. The Morgan fingerprint density at radius 1 is 0.686 bits per heavy atom. The molecule has 6 rings (SSSR count). The van der Waals surface area contributed by atoms with Crippen molar-refractivity contribution >= 4 is 22.5 Å². The first kappa shape index (κ1) is 37.1. The van der Waals surface area contributed by atoms with Crippen molar-refractivity contribution in [3.05, 3.63) is 137 Å². The zero-order valence-electron chi connectivity index (χ0n) is 28.9. The number of fused-ring (bicyclic) bond motifs is 1. The topological polar surface area (TPSA) is 110 Å². The van der Waals surface area contributed by atoms with Crippen molar-refractivity contribution in [2.75, 3.05) is 26.4 Å². The highest BCUT2D eigenvalue weighted by atomic mass is 35.5. The number of rotatable bonds is 20. The molecule has 0 spiro atoms. The summed E-state index contributed by atoms with van der Waals surface area (Å²) >= 11 is 6.08. The summed E-state index contributed by atoms with van der Waals surface area (Å²) in [6.45, 7) is 2.94. The molecular weight excluding hydrogens is 666 g/mol. The third-order valence-electron chi connectivity index (χ3n) is 9.00. The van der Waals surface area contributed by atoms with Crippen LogP contribution in [0.1, 0.15) is 41.5 Å². The second-order valence-electron chi connectivity index (χ2n) is 12.7. The minimum atomic E-state index is -0.748. The Labute approximate surface area is 305 Å². The molecule has 1 aliphatic heterocycles. The molecule has 5 aromatic rings. The average Bonchev–Trinajstić information content (AvgIpc) is 3.58. The van der Waals surface area contributed by atoms with Gasteiger partial charge in [0.1, 0.15) is 29.6 Å². The van der Waals surface area contributed by atoms with Gasteiger partial charge in [0.2, 0.25) is 0 Å². The number of unbranched alkanes of at least 4 members (excludes halogenated alkanes) is 2. The third kappa shape index (κ3) is 10.9. The zero-order chi connectivity index (χ0) is 35.1. The van der Waals surface area contributed by atoms with Crippen LogP contribution in [0.3, 0.4) is 0 Å². The molecule has 0 unspecified atom stereocenters. The van der Waals surface area contributed by atoms with Gasteiger partial charge in [-0.15, -0.1) is 0 Å². The highest BCUT2D eigenvalue weighted by Crippen LogP contribution is 2.32. The van der Waals surface area contributed by atoms with Gasteiger partial charge < -0.3 is 39.1 Å². The monoisotopic (exact) mass is 713 g/mol. The molecule has 270 valence electrons. The number of nitrogens with two attached hydrogens (primary N) is 1. The molecule has 5 atom stereocenters. The molecule has 2 aromatic heterocycles. The largest absolute Gasteiger partial charge is 0.379 e. The molecule has 1 aliphatic rings. The molecule has 51 heavy (non-hydrogen) atoms. The number of pyridine rings is 1. The molecule has 3 aromatic carbocycles. The number of aromatic nitrogens is 2. The van der Waals surface area contributed by atoms with Crippen molar-refractivity contribution in [3.8, 4) is 0 Å². The van der Waals surface area contributed by atoms with E-state index in [-0.39, 0.29) is 6.61 Å². The molecule has 0 aliphatic carbocycles. The van der Waals surface area contributed by atoms with Gasteiger partial charge >= 0.3 is 0 Å². The van der Waals surface area contributed by atoms with Gasteiger partial charge in [0.25, 0.3) is 0 Å². The lowest BCUT2D eigenvalue weighted by Crippen LogP contribution is -2.61. The number of benzene rings is 3. The van der Waals surface area contributed by atoms with Gasteiger partial charge in [-0.3, -0.25) is 0 Å². The fraction of sp³-hybridized carbons (Fsp3) is 0.390. The normalized spacial score (nSPS) is 20.5. The van der Waals surface area contributed by atoms with E-state index in [2.05, 4.69) is 22.1 Å². The first-order valence-electron chi connectivity index (χ1n) is 17.8. The summed E-state index contributed by atoms with van der Waals surface area (Å²) in [6, 6.07) is 32.1. The second kappa shape index (κ2) is 19.8. The number of aromatic amines is 1. The summed E-state index contributed by atoms with van der Waals surface area (Å²) in [6.07, 6.45) is 4.34. The van der Waals surface area contributed by atoms with E-state index in [1.807, 2.05) is 85.1 Å². The molecule has 3 N–H and O–H groups in total. The van der Waals surface area contributed by atoms with Crippen LogP contribution in [0.25, 0.3) is 10.9 Å². The van der Waals surface area contributed by atoms with E-state index in [1.54, 1.807) is 12.3 Å². The van der Waals surface area contributed by atoms with Crippen LogP contribution in [0.5, 0.6) is 0 Å². The third-order valence-corrected chi connectivity index (χ3v) is 9.22. The molecule has 3 heterocycles.